The van der Waals surface area contributed by atoms with E-state index in [1.807, 2.05) is 6.07 Å². The Balaban J connectivity index is 1.62. The zero-order valence-corrected chi connectivity index (χ0v) is 15.0. The van der Waals surface area contributed by atoms with E-state index in [4.69, 9.17) is 0 Å². The van der Waals surface area contributed by atoms with Gasteiger partial charge in [0.2, 0.25) is 0 Å². The van der Waals surface area contributed by atoms with Gasteiger partial charge in [0.1, 0.15) is 0 Å². The van der Waals surface area contributed by atoms with Crippen molar-refractivity contribution in [1.29, 1.82) is 0 Å². The lowest BCUT2D eigenvalue weighted by atomic mass is 10.0. The summed E-state index contributed by atoms with van der Waals surface area (Å²) in [5.41, 5.74) is 1.30. The fraction of sp³-hybridized carbons (Fsp3) is 0.579. The van der Waals surface area contributed by atoms with Crippen molar-refractivity contribution in [2.75, 3.05) is 26.7 Å². The van der Waals surface area contributed by atoms with Crippen LogP contribution in [0.3, 0.4) is 0 Å². The molecule has 1 aliphatic heterocycles. The number of urea groups is 1. The number of nitrogens with zero attached hydrogens (tertiary/aromatic N) is 1. The van der Waals surface area contributed by atoms with Crippen molar-refractivity contribution < 1.29 is 14.3 Å². The molecule has 1 unspecified atom stereocenters. The molecule has 0 aromatic heterocycles. The summed E-state index contributed by atoms with van der Waals surface area (Å²) in [6.07, 6.45) is 4.00. The Kier molecular flexibility index (Phi) is 8.25. The van der Waals surface area contributed by atoms with E-state index in [1.165, 1.54) is 12.7 Å². The minimum atomic E-state index is -0.204. The van der Waals surface area contributed by atoms with Crippen molar-refractivity contribution in [3.8, 4) is 0 Å². The Hall–Kier alpha value is -2.08. The molecule has 1 atom stereocenters. The number of nitrogens with one attached hydrogen (secondary N) is 2. The van der Waals surface area contributed by atoms with Crippen LogP contribution < -0.4 is 10.6 Å². The molecule has 0 aliphatic carbocycles. The van der Waals surface area contributed by atoms with Crippen molar-refractivity contribution >= 4 is 12.0 Å². The number of benzene rings is 1. The van der Waals surface area contributed by atoms with Crippen LogP contribution in [-0.4, -0.2) is 49.7 Å². The van der Waals surface area contributed by atoms with Gasteiger partial charge in [-0.25, -0.2) is 4.79 Å². The van der Waals surface area contributed by atoms with Crippen LogP contribution in [0.15, 0.2) is 30.3 Å². The Labute approximate surface area is 149 Å². The molecule has 0 spiro atoms. The average molecular weight is 347 g/mol. The van der Waals surface area contributed by atoms with E-state index < -0.39 is 0 Å². The quantitative estimate of drug-likeness (QED) is 0.559. The van der Waals surface area contributed by atoms with E-state index in [2.05, 4.69) is 44.5 Å². The molecule has 2 N–H and O–H groups in total. The Morgan fingerprint density at radius 2 is 2.04 bits per heavy atom. The van der Waals surface area contributed by atoms with Gasteiger partial charge in [-0.2, -0.15) is 0 Å². The number of piperidine rings is 1. The summed E-state index contributed by atoms with van der Waals surface area (Å²) in [6.45, 7) is 3.45. The highest BCUT2D eigenvalue weighted by Gasteiger charge is 2.21. The zero-order chi connectivity index (χ0) is 17.9. The van der Waals surface area contributed by atoms with Gasteiger partial charge in [-0.05, 0) is 37.8 Å². The first-order valence-electron chi connectivity index (χ1n) is 9.05. The van der Waals surface area contributed by atoms with E-state index >= 15 is 0 Å². The molecule has 6 heteroatoms. The highest BCUT2D eigenvalue weighted by molar-refractivity contribution is 5.74. The molecule has 1 aromatic carbocycles. The minimum absolute atomic E-state index is 0.121. The predicted octanol–water partition coefficient (Wildman–Crippen LogP) is 2.29. The second-order valence-corrected chi connectivity index (χ2v) is 6.49. The van der Waals surface area contributed by atoms with Crippen LogP contribution in [0.25, 0.3) is 0 Å². The Morgan fingerprint density at radius 3 is 2.80 bits per heavy atom. The number of ether oxygens (including phenoxy) is 1. The maximum atomic E-state index is 12.0. The molecule has 6 nitrogen and oxygen atoms in total. The topological polar surface area (TPSA) is 70.7 Å². The maximum absolute atomic E-state index is 12.0. The summed E-state index contributed by atoms with van der Waals surface area (Å²) in [5.74, 6) is -0.204. The Bertz CT molecular complexity index is 536. The molecule has 1 fully saturated rings. The number of likely N-dealkylation sites (tertiary alicyclic amines) is 1. The number of carbonyl (C=O) groups is 2. The molecule has 2 amide bonds. The number of methoxy groups -OCH3 is 1. The number of esters is 1. The first-order valence-corrected chi connectivity index (χ1v) is 9.05. The van der Waals surface area contributed by atoms with Crippen molar-refractivity contribution in [3.63, 3.8) is 0 Å². The van der Waals surface area contributed by atoms with Gasteiger partial charge in [-0.3, -0.25) is 9.69 Å². The van der Waals surface area contributed by atoms with Crippen molar-refractivity contribution in [3.05, 3.63) is 35.9 Å². The highest BCUT2D eigenvalue weighted by atomic mass is 16.5. The van der Waals surface area contributed by atoms with Crippen LogP contribution in [-0.2, 0) is 16.1 Å². The molecule has 1 heterocycles. The lowest BCUT2D eigenvalue weighted by Crippen LogP contribution is -2.50. The third-order valence-corrected chi connectivity index (χ3v) is 4.41. The van der Waals surface area contributed by atoms with Gasteiger partial charge in [0, 0.05) is 32.1 Å². The molecular weight excluding hydrogens is 318 g/mol. The van der Waals surface area contributed by atoms with E-state index in [0.29, 0.717) is 13.0 Å². The number of hydrogen-bond donors (Lipinski definition) is 2. The van der Waals surface area contributed by atoms with Gasteiger partial charge >= 0.3 is 12.0 Å². The van der Waals surface area contributed by atoms with E-state index in [-0.39, 0.29) is 18.0 Å². The van der Waals surface area contributed by atoms with Gasteiger partial charge < -0.3 is 15.4 Å². The number of rotatable bonds is 8. The van der Waals surface area contributed by atoms with Crippen LogP contribution in [0.1, 0.15) is 37.7 Å². The minimum Gasteiger partial charge on any atom is -0.469 e. The molecule has 138 valence electrons. The summed E-state index contributed by atoms with van der Waals surface area (Å²) in [4.78, 5) is 25.4. The summed E-state index contributed by atoms with van der Waals surface area (Å²) < 4.78 is 4.59. The van der Waals surface area contributed by atoms with Gasteiger partial charge in [-0.15, -0.1) is 0 Å². The Morgan fingerprint density at radius 1 is 1.24 bits per heavy atom. The average Bonchev–Trinajstić information content (AvgIpc) is 2.62. The summed E-state index contributed by atoms with van der Waals surface area (Å²) in [7, 11) is 1.39. The third kappa shape index (κ3) is 7.56. The van der Waals surface area contributed by atoms with Crippen molar-refractivity contribution in [2.24, 2.45) is 0 Å². The molecule has 2 rings (SSSR count). The second kappa shape index (κ2) is 10.7. The van der Waals surface area contributed by atoms with E-state index in [0.717, 1.165) is 45.3 Å². The molecule has 1 aliphatic rings. The number of hydrogen-bond acceptors (Lipinski definition) is 4. The van der Waals surface area contributed by atoms with E-state index in [1.54, 1.807) is 0 Å². The summed E-state index contributed by atoms with van der Waals surface area (Å²) in [5, 5.41) is 5.93. The molecule has 25 heavy (non-hydrogen) atoms. The SMILES string of the molecule is COC(=O)CCCCNC(=O)NC1CCCN(Cc2ccccc2)C1. The molecule has 0 saturated carbocycles. The fourth-order valence-electron chi connectivity index (χ4n) is 3.09. The number of unbranched alkanes of at least 4 members (excludes halogenated alkanes) is 1. The highest BCUT2D eigenvalue weighted by Crippen LogP contribution is 2.13. The van der Waals surface area contributed by atoms with Crippen LogP contribution in [0, 0.1) is 0 Å². The normalized spacial score (nSPS) is 17.7. The van der Waals surface area contributed by atoms with Crippen molar-refractivity contribution in [2.45, 2.75) is 44.7 Å². The third-order valence-electron chi connectivity index (χ3n) is 4.41. The monoisotopic (exact) mass is 347 g/mol. The molecule has 1 saturated heterocycles. The largest absolute Gasteiger partial charge is 0.469 e. The molecule has 1 aromatic rings. The first-order chi connectivity index (χ1) is 12.2. The number of carbonyl (C=O) groups excluding carboxylic acids is 2. The van der Waals surface area contributed by atoms with E-state index in [9.17, 15) is 9.59 Å². The zero-order valence-electron chi connectivity index (χ0n) is 15.0. The second-order valence-electron chi connectivity index (χ2n) is 6.49. The van der Waals surface area contributed by atoms with Crippen LogP contribution >= 0.6 is 0 Å². The van der Waals surface area contributed by atoms with Gasteiger partial charge in [-0.1, -0.05) is 30.3 Å². The fourth-order valence-corrected chi connectivity index (χ4v) is 3.09. The standard InChI is InChI=1S/C19H29N3O3/c1-25-18(23)11-5-6-12-20-19(24)21-17-10-7-13-22(15-17)14-16-8-3-2-4-9-16/h2-4,8-9,17H,5-7,10-15H2,1H3,(H2,20,21,24). The smallest absolute Gasteiger partial charge is 0.315 e. The lowest BCUT2D eigenvalue weighted by Gasteiger charge is -2.33. The molecule has 0 bridgehead atoms. The van der Waals surface area contributed by atoms with Crippen LogP contribution in [0.4, 0.5) is 4.79 Å². The van der Waals surface area contributed by atoms with Gasteiger partial charge in [0.05, 0.1) is 7.11 Å². The number of amides is 2. The van der Waals surface area contributed by atoms with Gasteiger partial charge in [0.15, 0.2) is 0 Å². The van der Waals surface area contributed by atoms with Crippen molar-refractivity contribution in [1.82, 2.24) is 15.5 Å². The summed E-state index contributed by atoms with van der Waals surface area (Å²) >= 11 is 0. The lowest BCUT2D eigenvalue weighted by molar-refractivity contribution is -0.140. The summed E-state index contributed by atoms with van der Waals surface area (Å²) in [6, 6.07) is 10.5. The van der Waals surface area contributed by atoms with Crippen LogP contribution in [0.2, 0.25) is 0 Å². The van der Waals surface area contributed by atoms with Crippen LogP contribution in [0.5, 0.6) is 0 Å². The molecule has 0 radical (unpaired) electrons. The molecular formula is C19H29N3O3. The maximum Gasteiger partial charge on any atom is 0.315 e. The predicted molar refractivity (Wildman–Crippen MR) is 97.1 cm³/mol. The van der Waals surface area contributed by atoms with Gasteiger partial charge in [0.25, 0.3) is 0 Å². The first kappa shape index (κ1) is 19.2.